The van der Waals surface area contributed by atoms with Gasteiger partial charge in [0.2, 0.25) is 5.91 Å². The Morgan fingerprint density at radius 1 is 0.828 bits per heavy atom. The minimum atomic E-state index is -0.489. The van der Waals surface area contributed by atoms with E-state index in [1.54, 1.807) is 4.90 Å². The Labute approximate surface area is 378 Å². The number of hydrogen-bond acceptors (Lipinski definition) is 12. The van der Waals surface area contributed by atoms with Crippen LogP contribution in [-0.2, 0) is 30.4 Å². The third-order valence-electron chi connectivity index (χ3n) is 11.0. The molecule has 4 aliphatic rings. The van der Waals surface area contributed by atoms with E-state index < -0.39 is 6.09 Å². The lowest BCUT2D eigenvalue weighted by Crippen LogP contribution is -2.39. The molecule has 0 saturated carbocycles. The Hall–Kier alpha value is -5.19. The van der Waals surface area contributed by atoms with Gasteiger partial charge in [-0.2, -0.15) is 17.2 Å². The molecule has 16 nitrogen and oxygen atoms in total. The van der Waals surface area contributed by atoms with Gasteiger partial charge in [0.1, 0.15) is 6.61 Å². The van der Waals surface area contributed by atoms with Gasteiger partial charge in [0.05, 0.1) is 68.5 Å². The second-order valence-electron chi connectivity index (χ2n) is 15.7. The second kappa shape index (κ2) is 25.9. The monoisotopic (exact) mass is 900 g/mol. The number of nitrogens with one attached hydrogen (secondary N) is 5. The average Bonchev–Trinajstić information content (AvgIpc) is 4.05. The maximum absolute atomic E-state index is 13.8. The molecule has 3 aromatic carbocycles. The number of anilines is 1. The van der Waals surface area contributed by atoms with Crippen LogP contribution in [0, 0.1) is 11.8 Å². The largest absolute Gasteiger partial charge is 0.445 e. The van der Waals surface area contributed by atoms with Crippen molar-refractivity contribution in [3.63, 3.8) is 0 Å². The Bertz CT molecular complexity index is 2050. The number of unbranched alkanes of at least 4 members (excludes halogenated alkanes) is 1. The summed E-state index contributed by atoms with van der Waals surface area (Å²) < 4.78 is 16.6. The molecule has 4 heterocycles. The van der Waals surface area contributed by atoms with Gasteiger partial charge in [0, 0.05) is 54.9 Å². The zero-order chi connectivity index (χ0) is 44.9. The Morgan fingerprint density at radius 2 is 1.53 bits per heavy atom. The number of aliphatic hydroxyl groups is 2. The minimum Gasteiger partial charge on any atom is -0.445 e. The summed E-state index contributed by atoms with van der Waals surface area (Å²) >= 11 is 1.90. The van der Waals surface area contributed by atoms with Crippen molar-refractivity contribution < 1.29 is 48.4 Å². The molecular weight excluding hydrogens is 841 g/mol. The molecule has 5 amide bonds. The van der Waals surface area contributed by atoms with E-state index in [0.29, 0.717) is 81.7 Å². The SMILES string of the molecule is O=C(CCCC[C@@H]1SC[C@@H]2NC(=O)N[C@@H]21)NCCCOCCOCCCNC(=O)OCc1ccc(C2CC(CN3C(=O)c4ccccc4C#Cc4ccccc43)ON2)cc1.OCCO. The van der Waals surface area contributed by atoms with Crippen molar-refractivity contribution in [3.8, 4) is 11.8 Å². The van der Waals surface area contributed by atoms with Crippen LogP contribution in [0.1, 0.15) is 83.6 Å². The fourth-order valence-corrected chi connectivity index (χ4v) is 9.26. The average molecular weight is 901 g/mol. The second-order valence-corrected chi connectivity index (χ2v) is 17.0. The predicted octanol–water partition coefficient (Wildman–Crippen LogP) is 3.93. The fraction of sp³-hybridized carbons (Fsp3) is 0.489. The molecule has 17 heteroatoms. The number of para-hydroxylation sites is 1. The number of carbonyl (C=O) groups excluding carboxylic acids is 4. The molecule has 0 radical (unpaired) electrons. The van der Waals surface area contributed by atoms with Gasteiger partial charge in [0.25, 0.3) is 5.91 Å². The molecule has 3 fully saturated rings. The topological polar surface area (TPSA) is 209 Å². The molecule has 3 saturated heterocycles. The van der Waals surface area contributed by atoms with Crippen molar-refractivity contribution in [2.24, 2.45) is 0 Å². The van der Waals surface area contributed by atoms with Gasteiger partial charge in [0.15, 0.2) is 0 Å². The maximum atomic E-state index is 13.8. The van der Waals surface area contributed by atoms with Crippen molar-refractivity contribution in [1.29, 1.82) is 0 Å². The quantitative estimate of drug-likeness (QED) is 0.0435. The molecule has 5 atom stereocenters. The van der Waals surface area contributed by atoms with Crippen LogP contribution in [0.5, 0.6) is 0 Å². The molecule has 344 valence electrons. The van der Waals surface area contributed by atoms with Gasteiger partial charge in [-0.25, -0.2) is 9.59 Å². The highest BCUT2D eigenvalue weighted by atomic mass is 32.2. The summed E-state index contributed by atoms with van der Waals surface area (Å²) in [6.07, 6.45) is 4.64. The number of hydrogen-bond donors (Lipinski definition) is 7. The summed E-state index contributed by atoms with van der Waals surface area (Å²) in [5, 5.41) is 27.4. The lowest BCUT2D eigenvalue weighted by atomic mass is 9.99. The van der Waals surface area contributed by atoms with Gasteiger partial charge >= 0.3 is 12.1 Å². The zero-order valence-electron chi connectivity index (χ0n) is 36.1. The van der Waals surface area contributed by atoms with Crippen molar-refractivity contribution in [1.82, 2.24) is 26.7 Å². The first-order chi connectivity index (χ1) is 31.3. The van der Waals surface area contributed by atoms with Crippen LogP contribution in [0.3, 0.4) is 0 Å². The first kappa shape index (κ1) is 48.3. The van der Waals surface area contributed by atoms with E-state index in [2.05, 4.69) is 38.6 Å². The Kier molecular flexibility index (Phi) is 19.6. The van der Waals surface area contributed by atoms with E-state index in [4.69, 9.17) is 29.3 Å². The molecule has 7 N–H and O–H groups in total. The molecule has 2 unspecified atom stereocenters. The van der Waals surface area contributed by atoms with Gasteiger partial charge in [-0.1, -0.05) is 66.8 Å². The van der Waals surface area contributed by atoms with Crippen LogP contribution in [-0.4, -0.2) is 123 Å². The minimum absolute atomic E-state index is 0.0619. The van der Waals surface area contributed by atoms with E-state index >= 15 is 0 Å². The number of alkyl carbamates (subject to hydrolysis) is 1. The molecule has 3 aromatic rings. The van der Waals surface area contributed by atoms with Crippen molar-refractivity contribution in [3.05, 3.63) is 101 Å². The molecular formula is C47H60N6O10S. The molecule has 4 aliphatic heterocycles. The number of carbonyl (C=O) groups is 4. The van der Waals surface area contributed by atoms with E-state index in [1.807, 2.05) is 84.6 Å². The van der Waals surface area contributed by atoms with E-state index in [9.17, 15) is 19.2 Å². The van der Waals surface area contributed by atoms with E-state index in [0.717, 1.165) is 53.8 Å². The number of ether oxygens (including phenoxy) is 3. The smallest absolute Gasteiger partial charge is 0.407 e. The standard InChI is InChI=1S/C45H54N6O8S.C2H6O2/c52-41(14-6-5-13-40-42-38(30-60-40)48-44(54)49-42)46-21-7-23-56-25-26-57-24-8-22-47-45(55)58-29-31-15-17-33(18-16-31)37-27-35(59-50-37)28-51-39-12-4-2-10-34(39)20-19-32-9-1-3-11-36(32)43(51)53;3-1-2-4/h1-4,9-12,15-18,35,37-38,40,42,50H,5-8,13-14,21-30H2,(H,46,52)(H,47,55)(H2,48,49,54);3-4H,1-2H2/t35?,37?,38-,40-,42-;/m0./s1. The van der Waals surface area contributed by atoms with Gasteiger partial charge in [-0.15, -0.1) is 0 Å². The third kappa shape index (κ3) is 14.7. The number of rotatable bonds is 22. The number of amides is 5. The summed E-state index contributed by atoms with van der Waals surface area (Å²) in [5.41, 5.74) is 7.88. The number of fused-ring (bicyclic) bond motifs is 3. The first-order valence-corrected chi connectivity index (χ1v) is 23.1. The third-order valence-corrected chi connectivity index (χ3v) is 12.5. The number of urea groups is 1. The Balaban J connectivity index is 0.00000163. The molecule has 0 aliphatic carbocycles. The number of thioether (sulfide) groups is 1. The van der Waals surface area contributed by atoms with E-state index in [1.165, 1.54) is 0 Å². The van der Waals surface area contributed by atoms with E-state index in [-0.39, 0.29) is 61.9 Å². The van der Waals surface area contributed by atoms with Crippen LogP contribution < -0.4 is 31.6 Å². The zero-order valence-corrected chi connectivity index (χ0v) is 36.9. The number of aliphatic hydroxyl groups excluding tert-OH is 2. The summed E-state index contributed by atoms with van der Waals surface area (Å²) in [6.45, 7) is 3.20. The molecule has 0 spiro atoms. The lowest BCUT2D eigenvalue weighted by Gasteiger charge is -2.27. The van der Waals surface area contributed by atoms with Gasteiger partial charge < -0.3 is 50.6 Å². The molecule has 64 heavy (non-hydrogen) atoms. The van der Waals surface area contributed by atoms with Crippen LogP contribution in [0.25, 0.3) is 0 Å². The molecule has 0 aromatic heterocycles. The number of benzene rings is 3. The highest BCUT2D eigenvalue weighted by Crippen LogP contribution is 2.33. The normalized spacial score (nSPS) is 20.5. The summed E-state index contributed by atoms with van der Waals surface area (Å²) in [7, 11) is 0. The fourth-order valence-electron chi connectivity index (χ4n) is 7.72. The van der Waals surface area contributed by atoms with Gasteiger partial charge in [-0.05, 0) is 67.5 Å². The first-order valence-electron chi connectivity index (χ1n) is 22.1. The summed E-state index contributed by atoms with van der Waals surface area (Å²) in [6, 6.07) is 23.3. The van der Waals surface area contributed by atoms with Crippen LogP contribution in [0.4, 0.5) is 15.3 Å². The van der Waals surface area contributed by atoms with Gasteiger partial charge in [-0.3, -0.25) is 14.4 Å². The predicted molar refractivity (Wildman–Crippen MR) is 243 cm³/mol. The Morgan fingerprint density at radius 3 is 2.30 bits per heavy atom. The van der Waals surface area contributed by atoms with Crippen LogP contribution in [0.2, 0.25) is 0 Å². The summed E-state index contributed by atoms with van der Waals surface area (Å²) in [4.78, 5) is 57.5. The molecule has 7 rings (SSSR count). The molecule has 0 bridgehead atoms. The number of nitrogens with zero attached hydrogens (tertiary/aromatic N) is 1. The highest BCUT2D eigenvalue weighted by Gasteiger charge is 2.42. The summed E-state index contributed by atoms with van der Waals surface area (Å²) in [5.74, 6) is 7.30. The lowest BCUT2D eigenvalue weighted by molar-refractivity contribution is -0.121. The van der Waals surface area contributed by atoms with Crippen molar-refractivity contribution >= 4 is 41.4 Å². The van der Waals surface area contributed by atoms with Crippen molar-refractivity contribution in [2.75, 3.05) is 69.9 Å². The maximum Gasteiger partial charge on any atom is 0.407 e. The van der Waals surface area contributed by atoms with Crippen LogP contribution >= 0.6 is 11.8 Å². The highest BCUT2D eigenvalue weighted by molar-refractivity contribution is 8.00. The van der Waals surface area contributed by atoms with Crippen LogP contribution in [0.15, 0.2) is 72.8 Å². The number of hydroxylamine groups is 1. The van der Waals surface area contributed by atoms with Crippen molar-refractivity contribution in [2.45, 2.75) is 81.0 Å².